The maximum absolute atomic E-state index is 5.35. The van der Waals surface area contributed by atoms with E-state index in [2.05, 4.69) is 234 Å². The third-order valence-corrected chi connectivity index (χ3v) is 13.6. The van der Waals surface area contributed by atoms with Crippen LogP contribution in [0.1, 0.15) is 0 Å². The van der Waals surface area contributed by atoms with Crippen molar-refractivity contribution in [3.8, 4) is 45.5 Å². The van der Waals surface area contributed by atoms with E-state index in [1.165, 1.54) is 49.0 Å². The van der Waals surface area contributed by atoms with Crippen LogP contribution in [0.25, 0.3) is 132 Å². The van der Waals surface area contributed by atoms with Gasteiger partial charge in [0.1, 0.15) is 0 Å². The molecule has 0 saturated carbocycles. The van der Waals surface area contributed by atoms with E-state index in [1.807, 2.05) is 0 Å². The molecule has 14 aromatic rings. The second kappa shape index (κ2) is 14.3. The van der Waals surface area contributed by atoms with Gasteiger partial charge in [0.2, 0.25) is 5.95 Å². The predicted molar refractivity (Wildman–Crippen MR) is 275 cm³/mol. The van der Waals surface area contributed by atoms with Crippen molar-refractivity contribution in [1.82, 2.24) is 24.1 Å². The van der Waals surface area contributed by atoms with Crippen LogP contribution in [0.4, 0.5) is 0 Å². The van der Waals surface area contributed by atoms with Crippen LogP contribution in [-0.4, -0.2) is 24.1 Å². The summed E-state index contributed by atoms with van der Waals surface area (Å²) >= 11 is 0. The molecule has 0 radical (unpaired) electrons. The Morgan fingerprint density at radius 3 is 1.27 bits per heavy atom. The van der Waals surface area contributed by atoms with Crippen molar-refractivity contribution in [1.29, 1.82) is 0 Å². The molecule has 306 valence electrons. The highest BCUT2D eigenvalue weighted by atomic mass is 15.2. The van der Waals surface area contributed by atoms with Crippen molar-refractivity contribution in [2.45, 2.75) is 0 Å². The number of benzene rings is 11. The van der Waals surface area contributed by atoms with Gasteiger partial charge in [-0.05, 0) is 91.3 Å². The second-order valence-corrected chi connectivity index (χ2v) is 17.2. The number of aromatic nitrogens is 5. The molecule has 0 saturated heterocycles. The molecule has 0 spiro atoms. The molecule has 66 heavy (non-hydrogen) atoms. The molecule has 0 bridgehead atoms. The lowest BCUT2D eigenvalue weighted by atomic mass is 9.99. The lowest BCUT2D eigenvalue weighted by molar-refractivity contribution is 0.955. The van der Waals surface area contributed by atoms with Gasteiger partial charge in [0.15, 0.2) is 11.6 Å². The number of hydrogen-bond acceptors (Lipinski definition) is 3. The van der Waals surface area contributed by atoms with Gasteiger partial charge < -0.3 is 4.57 Å². The maximum Gasteiger partial charge on any atom is 0.238 e. The fraction of sp³-hybridized carbons (Fsp3) is 0. The molecule has 11 aromatic carbocycles. The summed E-state index contributed by atoms with van der Waals surface area (Å²) in [5, 5.41) is 14.2. The third-order valence-electron chi connectivity index (χ3n) is 13.6. The second-order valence-electron chi connectivity index (χ2n) is 17.2. The minimum Gasteiger partial charge on any atom is -0.309 e. The number of rotatable bonds is 5. The van der Waals surface area contributed by atoms with Crippen LogP contribution in [0.3, 0.4) is 0 Å². The van der Waals surface area contributed by atoms with Crippen molar-refractivity contribution < 1.29 is 0 Å². The average molecular weight is 840 g/mol. The fourth-order valence-corrected chi connectivity index (χ4v) is 10.5. The summed E-state index contributed by atoms with van der Waals surface area (Å²) in [4.78, 5) is 16.0. The zero-order valence-corrected chi connectivity index (χ0v) is 35.6. The highest BCUT2D eigenvalue weighted by Gasteiger charge is 2.21. The van der Waals surface area contributed by atoms with E-state index < -0.39 is 0 Å². The minimum absolute atomic E-state index is 0.574. The van der Waals surface area contributed by atoms with Gasteiger partial charge in [-0.15, -0.1) is 0 Å². The topological polar surface area (TPSA) is 48.5 Å². The van der Waals surface area contributed by atoms with E-state index in [9.17, 15) is 0 Å². The van der Waals surface area contributed by atoms with Crippen LogP contribution in [0.5, 0.6) is 0 Å². The lowest BCUT2D eigenvalue weighted by Crippen LogP contribution is -2.06. The normalized spacial score (nSPS) is 11.9. The largest absolute Gasteiger partial charge is 0.309 e. The Bertz CT molecular complexity index is 4200. The average Bonchev–Trinajstić information content (AvgIpc) is 3.90. The van der Waals surface area contributed by atoms with Gasteiger partial charge in [0.25, 0.3) is 0 Å². The van der Waals surface area contributed by atoms with Gasteiger partial charge in [0.05, 0.1) is 27.8 Å². The Morgan fingerprint density at radius 1 is 0.258 bits per heavy atom. The molecule has 14 rings (SSSR count). The summed E-state index contributed by atoms with van der Waals surface area (Å²) in [6.07, 6.45) is 0. The Hall–Kier alpha value is -8.93. The molecule has 0 fully saturated rings. The summed E-state index contributed by atoms with van der Waals surface area (Å²) < 4.78 is 4.66. The molecule has 3 aromatic heterocycles. The number of para-hydroxylation sites is 2. The summed E-state index contributed by atoms with van der Waals surface area (Å²) in [5.74, 6) is 1.84. The number of nitrogens with zero attached hydrogens (tertiary/aromatic N) is 5. The van der Waals surface area contributed by atoms with E-state index in [0.717, 1.165) is 65.6 Å². The van der Waals surface area contributed by atoms with Gasteiger partial charge in [-0.3, -0.25) is 4.57 Å². The van der Waals surface area contributed by atoms with Gasteiger partial charge in [-0.2, -0.15) is 9.97 Å². The first-order valence-electron chi connectivity index (χ1n) is 22.4. The Labute approximate surface area is 379 Å². The third kappa shape index (κ3) is 5.50. The SMILES string of the molecule is c1ccc2c(-c3nc(-c4cccc5ccccc45)nc(-n4c5ccccc5c5cc(-c6ccc7c(c6)c6ccccc6n7-c6cc7ccccc7c7ccccc67)ccc54)n3)cccc2c1. The minimum atomic E-state index is 0.574. The zero-order chi connectivity index (χ0) is 43.3. The van der Waals surface area contributed by atoms with E-state index in [-0.39, 0.29) is 0 Å². The number of hydrogen-bond donors (Lipinski definition) is 0. The van der Waals surface area contributed by atoms with Crippen molar-refractivity contribution in [2.24, 2.45) is 0 Å². The summed E-state index contributed by atoms with van der Waals surface area (Å²) in [6.45, 7) is 0. The summed E-state index contributed by atoms with van der Waals surface area (Å²) in [6, 6.07) is 80.6. The molecule has 3 heterocycles. The van der Waals surface area contributed by atoms with E-state index >= 15 is 0 Å². The molecule has 0 aliphatic heterocycles. The number of fused-ring (bicyclic) bond motifs is 11. The van der Waals surface area contributed by atoms with Crippen LogP contribution >= 0.6 is 0 Å². The zero-order valence-electron chi connectivity index (χ0n) is 35.6. The highest BCUT2D eigenvalue weighted by Crippen LogP contribution is 2.41. The molecule has 0 N–H and O–H groups in total. The Balaban J connectivity index is 0.969. The van der Waals surface area contributed by atoms with Crippen LogP contribution in [0, 0.1) is 0 Å². The molecule has 0 aliphatic rings. The standard InChI is InChI=1S/C61H37N5/c1-4-20-43-38(15-1)18-13-27-50(43)59-62-60(51-28-14-19-39-16-2-5-21-44(39)51)64-61(63-59)66-55-30-12-10-26-49(55)53-36-41(32-34-57(53)66)40-31-33-56-52(35-40)48-25-9-11-29-54(48)65(56)58-37-42-17-3-6-22-45(42)46-23-7-8-24-47(46)58/h1-37H. The predicted octanol–water partition coefficient (Wildman–Crippen LogP) is 15.7. The molecule has 0 amide bonds. The van der Waals surface area contributed by atoms with Crippen molar-refractivity contribution in [3.05, 3.63) is 224 Å². The fourth-order valence-electron chi connectivity index (χ4n) is 10.5. The van der Waals surface area contributed by atoms with Gasteiger partial charge >= 0.3 is 0 Å². The first kappa shape index (κ1) is 36.5. The Morgan fingerprint density at radius 2 is 0.682 bits per heavy atom. The first-order chi connectivity index (χ1) is 32.7. The first-order valence-corrected chi connectivity index (χ1v) is 22.4. The summed E-state index contributed by atoms with van der Waals surface area (Å²) in [5.41, 5.74) is 9.84. The van der Waals surface area contributed by atoms with Crippen molar-refractivity contribution in [2.75, 3.05) is 0 Å². The highest BCUT2D eigenvalue weighted by molar-refractivity contribution is 6.16. The van der Waals surface area contributed by atoms with Gasteiger partial charge in [-0.1, -0.05) is 182 Å². The molecule has 0 unspecified atom stereocenters. The maximum atomic E-state index is 5.35. The lowest BCUT2D eigenvalue weighted by Gasteiger charge is -2.14. The molecule has 0 atom stereocenters. The molecule has 5 heteroatoms. The van der Waals surface area contributed by atoms with Crippen LogP contribution in [0.2, 0.25) is 0 Å². The molecule has 0 aliphatic carbocycles. The van der Waals surface area contributed by atoms with Crippen LogP contribution < -0.4 is 0 Å². The van der Waals surface area contributed by atoms with E-state index in [1.54, 1.807) is 0 Å². The summed E-state index contributed by atoms with van der Waals surface area (Å²) in [7, 11) is 0. The van der Waals surface area contributed by atoms with E-state index in [4.69, 9.17) is 15.0 Å². The smallest absolute Gasteiger partial charge is 0.238 e. The van der Waals surface area contributed by atoms with Crippen LogP contribution in [-0.2, 0) is 0 Å². The van der Waals surface area contributed by atoms with Crippen molar-refractivity contribution in [3.63, 3.8) is 0 Å². The van der Waals surface area contributed by atoms with Gasteiger partial charge in [-0.25, -0.2) is 4.98 Å². The van der Waals surface area contributed by atoms with Crippen LogP contribution in [0.15, 0.2) is 224 Å². The quantitative estimate of drug-likeness (QED) is 0.162. The molecular weight excluding hydrogens is 803 g/mol. The Kier molecular flexibility index (Phi) is 7.91. The van der Waals surface area contributed by atoms with Crippen molar-refractivity contribution >= 4 is 86.7 Å². The van der Waals surface area contributed by atoms with Gasteiger partial charge in [0, 0.05) is 38.1 Å². The van der Waals surface area contributed by atoms with E-state index in [0.29, 0.717) is 17.6 Å². The molecular formula is C61H37N5. The monoisotopic (exact) mass is 839 g/mol. The molecule has 5 nitrogen and oxygen atoms in total.